The second-order valence-electron chi connectivity index (χ2n) is 8.85. The molecule has 1 aliphatic rings. The Labute approximate surface area is 214 Å². The highest BCUT2D eigenvalue weighted by Gasteiger charge is 2.31. The van der Waals surface area contributed by atoms with Crippen molar-refractivity contribution in [3.05, 3.63) is 82.4 Å². The molecule has 0 saturated heterocycles. The first-order valence-corrected chi connectivity index (χ1v) is 12.5. The van der Waals surface area contributed by atoms with Crippen LogP contribution in [0.1, 0.15) is 40.8 Å². The monoisotopic (exact) mass is 490 g/mol. The van der Waals surface area contributed by atoms with Gasteiger partial charge in [-0.25, -0.2) is 0 Å². The van der Waals surface area contributed by atoms with Gasteiger partial charge in [0.25, 0.3) is 0 Å². The lowest BCUT2D eigenvalue weighted by molar-refractivity contribution is 0.190. The fourth-order valence-corrected chi connectivity index (χ4v) is 4.85. The summed E-state index contributed by atoms with van der Waals surface area (Å²) in [5.74, 6) is 2.30. The van der Waals surface area contributed by atoms with Crippen LogP contribution < -0.4 is 19.5 Å². The highest BCUT2D eigenvalue weighted by Crippen LogP contribution is 2.39. The summed E-state index contributed by atoms with van der Waals surface area (Å²) in [7, 11) is 3.33. The minimum Gasteiger partial charge on any atom is -0.493 e. The van der Waals surface area contributed by atoms with E-state index in [1.807, 2.05) is 12.1 Å². The first-order chi connectivity index (χ1) is 16.9. The zero-order valence-electron chi connectivity index (χ0n) is 21.2. The van der Waals surface area contributed by atoms with Gasteiger partial charge < -0.3 is 24.4 Å². The summed E-state index contributed by atoms with van der Waals surface area (Å²) in [6.07, 6.45) is 1.86. The number of hydrogen-bond acceptors (Lipinski definition) is 4. The largest absolute Gasteiger partial charge is 0.493 e. The van der Waals surface area contributed by atoms with Gasteiger partial charge >= 0.3 is 0 Å². The minimum absolute atomic E-state index is 0.0745. The van der Waals surface area contributed by atoms with Gasteiger partial charge in [0.05, 0.1) is 20.3 Å². The molecule has 6 heteroatoms. The molecule has 1 N–H and O–H groups in total. The normalized spacial score (nSPS) is 14.8. The molecular formula is C29H34N2O3S. The molecular weight excluding hydrogens is 456 g/mol. The molecule has 0 aliphatic carbocycles. The molecule has 0 spiro atoms. The average molecular weight is 491 g/mol. The van der Waals surface area contributed by atoms with Gasteiger partial charge in [0, 0.05) is 12.2 Å². The maximum Gasteiger partial charge on any atom is 0.174 e. The molecule has 3 aromatic rings. The number of nitrogens with one attached hydrogen (secondary N) is 1. The second-order valence-corrected chi connectivity index (χ2v) is 9.24. The molecule has 1 atom stereocenters. The first-order valence-electron chi connectivity index (χ1n) is 12.1. The highest BCUT2D eigenvalue weighted by atomic mass is 32.1. The van der Waals surface area contributed by atoms with Gasteiger partial charge in [-0.1, -0.05) is 31.2 Å². The van der Waals surface area contributed by atoms with E-state index in [0.717, 1.165) is 42.1 Å². The van der Waals surface area contributed by atoms with E-state index in [-0.39, 0.29) is 6.04 Å². The fraction of sp³-hybridized carbons (Fsp3) is 0.345. The van der Waals surface area contributed by atoms with Gasteiger partial charge in [-0.15, -0.1) is 0 Å². The van der Waals surface area contributed by atoms with Crippen molar-refractivity contribution in [1.29, 1.82) is 0 Å². The molecule has 1 aliphatic heterocycles. The van der Waals surface area contributed by atoms with Gasteiger partial charge in [0.2, 0.25) is 0 Å². The number of hydrogen-bond donors (Lipinski definition) is 1. The van der Waals surface area contributed by atoms with Gasteiger partial charge in [-0.05, 0) is 97.1 Å². The Morgan fingerprint density at radius 1 is 1.03 bits per heavy atom. The number of benzene rings is 3. The number of rotatable bonds is 7. The summed E-state index contributed by atoms with van der Waals surface area (Å²) >= 11 is 5.94. The zero-order chi connectivity index (χ0) is 24.9. The summed E-state index contributed by atoms with van der Waals surface area (Å²) in [6, 6.07) is 18.6. The Hall–Kier alpha value is -3.25. The Bertz CT molecular complexity index is 1190. The Balaban J connectivity index is 1.65. The number of thiocarbonyl (C=S) groups is 1. The lowest BCUT2D eigenvalue weighted by Gasteiger charge is -2.39. The number of methoxy groups -OCH3 is 2. The molecule has 1 heterocycles. The Kier molecular flexibility index (Phi) is 7.81. The number of nitrogens with zero attached hydrogens (tertiary/aromatic N) is 1. The van der Waals surface area contributed by atoms with Crippen molar-refractivity contribution in [1.82, 2.24) is 4.90 Å². The van der Waals surface area contributed by atoms with Crippen LogP contribution in [0.15, 0.2) is 54.6 Å². The topological polar surface area (TPSA) is 43.0 Å². The van der Waals surface area contributed by atoms with E-state index < -0.39 is 0 Å². The lowest BCUT2D eigenvalue weighted by atomic mass is 9.92. The summed E-state index contributed by atoms with van der Waals surface area (Å²) in [6.45, 7) is 7.62. The Morgan fingerprint density at radius 3 is 2.43 bits per heavy atom. The van der Waals surface area contributed by atoms with Crippen molar-refractivity contribution in [3.8, 4) is 17.2 Å². The van der Waals surface area contributed by atoms with E-state index in [9.17, 15) is 0 Å². The van der Waals surface area contributed by atoms with Crippen LogP contribution in [0, 0.1) is 13.8 Å². The van der Waals surface area contributed by atoms with Crippen LogP contribution in [-0.2, 0) is 12.8 Å². The quantitative estimate of drug-likeness (QED) is 0.395. The molecule has 0 bridgehead atoms. The predicted octanol–water partition coefficient (Wildman–Crippen LogP) is 6.26. The van der Waals surface area contributed by atoms with Crippen LogP contribution in [0.4, 0.5) is 5.69 Å². The summed E-state index contributed by atoms with van der Waals surface area (Å²) in [5, 5.41) is 4.18. The molecule has 0 radical (unpaired) electrons. The van der Waals surface area contributed by atoms with Crippen molar-refractivity contribution in [3.63, 3.8) is 0 Å². The third-order valence-electron chi connectivity index (χ3n) is 6.85. The maximum atomic E-state index is 6.30. The third-order valence-corrected chi connectivity index (χ3v) is 7.19. The predicted molar refractivity (Wildman–Crippen MR) is 146 cm³/mol. The summed E-state index contributed by atoms with van der Waals surface area (Å²) < 4.78 is 17.5. The van der Waals surface area contributed by atoms with Crippen molar-refractivity contribution in [2.24, 2.45) is 0 Å². The molecule has 0 aromatic heterocycles. The number of aryl methyl sites for hydroxylation is 2. The van der Waals surface area contributed by atoms with Crippen LogP contribution in [0.2, 0.25) is 0 Å². The molecule has 1 unspecified atom stereocenters. The highest BCUT2D eigenvalue weighted by molar-refractivity contribution is 7.80. The maximum absolute atomic E-state index is 6.30. The first kappa shape index (κ1) is 24.9. The molecule has 184 valence electrons. The van der Waals surface area contributed by atoms with Gasteiger partial charge in [0.15, 0.2) is 16.6 Å². The van der Waals surface area contributed by atoms with Crippen LogP contribution in [0.5, 0.6) is 17.2 Å². The molecule has 0 saturated carbocycles. The van der Waals surface area contributed by atoms with Crippen LogP contribution in [-0.4, -0.2) is 37.4 Å². The van der Waals surface area contributed by atoms with E-state index in [2.05, 4.69) is 73.5 Å². The van der Waals surface area contributed by atoms with Crippen molar-refractivity contribution >= 4 is 23.0 Å². The molecule has 3 aromatic carbocycles. The Morgan fingerprint density at radius 2 is 1.74 bits per heavy atom. The standard InChI is InChI=1S/C29H34N2O3S/c1-6-21-10-12-23(13-11-21)34-18-26-24-17-28(33-5)27(32-4)16-22(24)14-15-31(26)29(35)30-25-9-7-8-19(2)20(25)3/h7-13,16-17,26H,6,14-15,18H2,1-5H3,(H,30,35). The zero-order valence-corrected chi connectivity index (χ0v) is 22.0. The van der Waals surface area contributed by atoms with Crippen LogP contribution in [0.3, 0.4) is 0 Å². The third kappa shape index (κ3) is 5.38. The number of anilines is 1. The van der Waals surface area contributed by atoms with Crippen LogP contribution >= 0.6 is 12.2 Å². The van der Waals surface area contributed by atoms with E-state index in [1.54, 1.807) is 14.2 Å². The van der Waals surface area contributed by atoms with E-state index in [4.69, 9.17) is 26.4 Å². The molecule has 0 amide bonds. The van der Waals surface area contributed by atoms with Crippen molar-refractivity contribution in [2.75, 3.05) is 32.7 Å². The van der Waals surface area contributed by atoms with Gasteiger partial charge in [-0.2, -0.15) is 0 Å². The van der Waals surface area contributed by atoms with E-state index in [0.29, 0.717) is 17.5 Å². The van der Waals surface area contributed by atoms with Crippen LogP contribution in [0.25, 0.3) is 0 Å². The molecule has 5 nitrogen and oxygen atoms in total. The fourth-order valence-electron chi connectivity index (χ4n) is 4.52. The van der Waals surface area contributed by atoms with E-state index >= 15 is 0 Å². The lowest BCUT2D eigenvalue weighted by Crippen LogP contribution is -2.44. The summed E-state index contributed by atoms with van der Waals surface area (Å²) in [5.41, 5.74) is 7.12. The molecule has 4 rings (SSSR count). The average Bonchev–Trinajstić information content (AvgIpc) is 2.89. The van der Waals surface area contributed by atoms with Crippen molar-refractivity contribution < 1.29 is 14.2 Å². The molecule has 0 fully saturated rings. The second kappa shape index (κ2) is 11.0. The van der Waals surface area contributed by atoms with Crippen molar-refractivity contribution in [2.45, 2.75) is 39.7 Å². The van der Waals surface area contributed by atoms with Gasteiger partial charge in [-0.3, -0.25) is 0 Å². The number of ether oxygens (including phenoxy) is 3. The summed E-state index contributed by atoms with van der Waals surface area (Å²) in [4.78, 5) is 2.23. The van der Waals surface area contributed by atoms with E-state index in [1.165, 1.54) is 22.3 Å². The smallest absolute Gasteiger partial charge is 0.174 e. The minimum atomic E-state index is -0.0745. The SMILES string of the molecule is CCc1ccc(OCC2c3cc(OC)c(OC)cc3CCN2C(=S)Nc2cccc(C)c2C)cc1. The molecule has 35 heavy (non-hydrogen) atoms. The number of fused-ring (bicyclic) bond motifs is 1. The van der Waals surface area contributed by atoms with Gasteiger partial charge in [0.1, 0.15) is 12.4 Å².